The zero-order valence-corrected chi connectivity index (χ0v) is 18.4. The summed E-state index contributed by atoms with van der Waals surface area (Å²) in [5.41, 5.74) is 2.17. The lowest BCUT2D eigenvalue weighted by Crippen LogP contribution is -2.32. The van der Waals surface area contributed by atoms with Gasteiger partial charge in [-0.1, -0.05) is 35.3 Å². The van der Waals surface area contributed by atoms with Crippen LogP contribution >= 0.6 is 34.5 Å². The highest BCUT2D eigenvalue weighted by atomic mass is 35.5. The molecule has 8 heteroatoms. The second-order valence-electron chi connectivity index (χ2n) is 6.53. The van der Waals surface area contributed by atoms with Crippen LogP contribution in [-0.2, 0) is 9.59 Å². The van der Waals surface area contributed by atoms with Gasteiger partial charge in [-0.05, 0) is 54.3 Å². The van der Waals surface area contributed by atoms with Crippen molar-refractivity contribution >= 4 is 63.3 Å². The van der Waals surface area contributed by atoms with Gasteiger partial charge >= 0.3 is 0 Å². The van der Waals surface area contributed by atoms with Gasteiger partial charge in [0, 0.05) is 20.6 Å². The van der Waals surface area contributed by atoms with Crippen molar-refractivity contribution in [2.75, 3.05) is 17.3 Å². The lowest BCUT2D eigenvalue weighted by molar-refractivity contribution is -0.120. The van der Waals surface area contributed by atoms with Gasteiger partial charge in [-0.2, -0.15) is 0 Å². The van der Waals surface area contributed by atoms with Crippen LogP contribution in [0.25, 0.3) is 5.57 Å². The Kier molecular flexibility index (Phi) is 5.56. The zero-order valence-electron chi connectivity index (χ0n) is 16.0. The molecule has 5 nitrogen and oxygen atoms in total. The summed E-state index contributed by atoms with van der Waals surface area (Å²) in [5.74, 6) is -0.583. The number of amides is 2. The highest BCUT2D eigenvalue weighted by Gasteiger charge is 2.42. The number of carbonyl (C=O) groups is 2. The van der Waals surface area contributed by atoms with Crippen LogP contribution in [0.2, 0.25) is 10.0 Å². The molecule has 0 unspecified atom stereocenters. The maximum Gasteiger partial charge on any atom is 0.282 e. The third-order valence-electron chi connectivity index (χ3n) is 4.76. The zero-order chi connectivity index (χ0) is 21.4. The maximum atomic E-state index is 13.5. The number of nitrogens with zero attached hydrogens (tertiary/aromatic N) is 1. The SMILES string of the molecule is COc1ccc(Cl)cc1N1C(=O)C(Nc2cccc(Cl)c2C)=C(c2cccs2)C1=O. The maximum absolute atomic E-state index is 13.5. The number of nitrogens with one attached hydrogen (secondary N) is 1. The minimum Gasteiger partial charge on any atom is -0.495 e. The molecule has 1 aliphatic heterocycles. The predicted octanol–water partition coefficient (Wildman–Crippen LogP) is 5.77. The molecule has 2 heterocycles. The largest absolute Gasteiger partial charge is 0.495 e. The normalized spacial score (nSPS) is 13.9. The van der Waals surface area contributed by atoms with Crippen LogP contribution in [0.15, 0.2) is 59.6 Å². The number of ether oxygens (including phenoxy) is 1. The number of benzene rings is 2. The second-order valence-corrected chi connectivity index (χ2v) is 8.32. The van der Waals surface area contributed by atoms with E-state index in [1.807, 2.05) is 18.4 Å². The summed E-state index contributed by atoms with van der Waals surface area (Å²) >= 11 is 13.8. The van der Waals surface area contributed by atoms with Crippen molar-refractivity contribution in [1.29, 1.82) is 0 Å². The third-order valence-corrected chi connectivity index (χ3v) is 6.29. The average molecular weight is 459 g/mol. The van der Waals surface area contributed by atoms with Gasteiger partial charge < -0.3 is 10.1 Å². The van der Waals surface area contributed by atoms with Crippen molar-refractivity contribution in [2.45, 2.75) is 6.92 Å². The van der Waals surface area contributed by atoms with E-state index in [9.17, 15) is 9.59 Å². The van der Waals surface area contributed by atoms with Gasteiger partial charge in [0.05, 0.1) is 18.4 Å². The standard InChI is InChI=1S/C22H16Cl2N2O3S/c1-12-14(24)5-3-6-15(12)25-20-19(18-7-4-10-30-18)21(27)26(22(20)28)16-11-13(23)8-9-17(16)29-2/h3-11,25H,1-2H3. The van der Waals surface area contributed by atoms with Crippen molar-refractivity contribution in [1.82, 2.24) is 0 Å². The molecule has 1 N–H and O–H groups in total. The van der Waals surface area contributed by atoms with Crippen molar-refractivity contribution in [2.24, 2.45) is 0 Å². The monoisotopic (exact) mass is 458 g/mol. The van der Waals surface area contributed by atoms with E-state index in [1.165, 1.54) is 24.5 Å². The topological polar surface area (TPSA) is 58.6 Å². The minimum atomic E-state index is -0.497. The van der Waals surface area contributed by atoms with Gasteiger partial charge in [0.25, 0.3) is 11.8 Å². The Morgan fingerprint density at radius 3 is 2.53 bits per heavy atom. The highest BCUT2D eigenvalue weighted by Crippen LogP contribution is 2.40. The fraction of sp³-hybridized carbons (Fsp3) is 0.0909. The fourth-order valence-electron chi connectivity index (χ4n) is 3.23. The number of anilines is 2. The Morgan fingerprint density at radius 2 is 1.83 bits per heavy atom. The van der Waals surface area contributed by atoms with Crippen molar-refractivity contribution in [3.05, 3.63) is 80.1 Å². The molecule has 0 saturated carbocycles. The van der Waals surface area contributed by atoms with Crippen molar-refractivity contribution in [3.63, 3.8) is 0 Å². The molecule has 0 radical (unpaired) electrons. The number of halogens is 2. The van der Waals surface area contributed by atoms with Crippen LogP contribution in [0, 0.1) is 6.92 Å². The van der Waals surface area contributed by atoms with Gasteiger partial charge in [0.1, 0.15) is 11.4 Å². The Bertz CT molecular complexity index is 1190. The molecule has 1 aliphatic rings. The Labute approximate surface area is 187 Å². The number of thiophene rings is 1. The van der Waals surface area contributed by atoms with E-state index in [1.54, 1.807) is 36.4 Å². The molecule has 152 valence electrons. The first-order valence-electron chi connectivity index (χ1n) is 8.95. The molecule has 30 heavy (non-hydrogen) atoms. The van der Waals surface area contributed by atoms with E-state index in [-0.39, 0.29) is 17.0 Å². The van der Waals surface area contributed by atoms with Gasteiger partial charge in [-0.3, -0.25) is 9.59 Å². The van der Waals surface area contributed by atoms with Crippen LogP contribution in [0.1, 0.15) is 10.4 Å². The number of carbonyl (C=O) groups excluding carboxylic acids is 2. The number of imide groups is 1. The molecule has 0 aliphatic carbocycles. The van der Waals surface area contributed by atoms with E-state index in [0.29, 0.717) is 26.4 Å². The molecular formula is C22H16Cl2N2O3S. The van der Waals surface area contributed by atoms with Crippen LogP contribution in [0.3, 0.4) is 0 Å². The Hall–Kier alpha value is -2.80. The molecule has 1 aromatic heterocycles. The third kappa shape index (κ3) is 3.47. The van der Waals surface area contributed by atoms with Crippen molar-refractivity contribution in [3.8, 4) is 5.75 Å². The number of hydrogen-bond acceptors (Lipinski definition) is 5. The molecular weight excluding hydrogens is 443 g/mol. The minimum absolute atomic E-state index is 0.176. The highest BCUT2D eigenvalue weighted by molar-refractivity contribution is 7.11. The van der Waals surface area contributed by atoms with Crippen LogP contribution in [0.4, 0.5) is 11.4 Å². The van der Waals surface area contributed by atoms with E-state index in [4.69, 9.17) is 27.9 Å². The van der Waals surface area contributed by atoms with Gasteiger partial charge in [0.15, 0.2) is 0 Å². The molecule has 0 bridgehead atoms. The fourth-order valence-corrected chi connectivity index (χ4v) is 4.34. The summed E-state index contributed by atoms with van der Waals surface area (Å²) < 4.78 is 5.37. The van der Waals surface area contributed by atoms with Crippen LogP contribution in [-0.4, -0.2) is 18.9 Å². The summed E-state index contributed by atoms with van der Waals surface area (Å²) in [4.78, 5) is 28.7. The predicted molar refractivity (Wildman–Crippen MR) is 122 cm³/mol. The van der Waals surface area contributed by atoms with Gasteiger partial charge in [0.2, 0.25) is 0 Å². The second kappa shape index (κ2) is 8.14. The lowest BCUT2D eigenvalue weighted by atomic mass is 10.1. The van der Waals surface area contributed by atoms with E-state index in [2.05, 4.69) is 5.32 Å². The molecule has 0 atom stereocenters. The van der Waals surface area contributed by atoms with E-state index in [0.717, 1.165) is 10.5 Å². The Morgan fingerprint density at radius 1 is 1.03 bits per heavy atom. The summed E-state index contributed by atoms with van der Waals surface area (Å²) in [6, 6.07) is 13.8. The Balaban J connectivity index is 1.86. The van der Waals surface area contributed by atoms with Crippen LogP contribution in [0.5, 0.6) is 5.75 Å². The van der Waals surface area contributed by atoms with Crippen molar-refractivity contribution < 1.29 is 14.3 Å². The smallest absolute Gasteiger partial charge is 0.282 e. The number of hydrogen-bond donors (Lipinski definition) is 1. The molecule has 2 aromatic carbocycles. The summed E-state index contributed by atoms with van der Waals surface area (Å²) in [6.45, 7) is 1.84. The average Bonchev–Trinajstić information content (AvgIpc) is 3.32. The first-order valence-corrected chi connectivity index (χ1v) is 10.6. The van der Waals surface area contributed by atoms with E-state index < -0.39 is 11.8 Å². The summed E-state index contributed by atoms with van der Waals surface area (Å²) in [7, 11) is 1.47. The summed E-state index contributed by atoms with van der Waals surface area (Å²) in [5, 5.41) is 5.93. The summed E-state index contributed by atoms with van der Waals surface area (Å²) in [6.07, 6.45) is 0. The molecule has 0 spiro atoms. The molecule has 4 rings (SSSR count). The number of rotatable bonds is 5. The van der Waals surface area contributed by atoms with Gasteiger partial charge in [-0.25, -0.2) is 4.90 Å². The first kappa shape index (κ1) is 20.5. The first-order chi connectivity index (χ1) is 14.4. The van der Waals surface area contributed by atoms with Crippen LogP contribution < -0.4 is 15.0 Å². The van der Waals surface area contributed by atoms with Gasteiger partial charge in [-0.15, -0.1) is 11.3 Å². The molecule has 2 amide bonds. The molecule has 0 fully saturated rings. The quantitative estimate of drug-likeness (QED) is 0.493. The van der Waals surface area contributed by atoms with E-state index >= 15 is 0 Å². The molecule has 0 saturated heterocycles. The molecule has 3 aromatic rings. The lowest BCUT2D eigenvalue weighted by Gasteiger charge is -2.19. The number of methoxy groups -OCH3 is 1.